The van der Waals surface area contributed by atoms with E-state index in [1.165, 1.54) is 22.6 Å². The number of hydrogen-bond acceptors (Lipinski definition) is 3. The summed E-state index contributed by atoms with van der Waals surface area (Å²) < 4.78 is 3.64. The molecule has 0 atom stereocenters. The van der Waals surface area contributed by atoms with Crippen molar-refractivity contribution in [1.82, 2.24) is 0 Å². The SMILES string of the molecule is C=C(C#N)OC(=O)I. The lowest BCUT2D eigenvalue weighted by molar-refractivity contribution is 0.212. The van der Waals surface area contributed by atoms with Gasteiger partial charge in [-0.2, -0.15) is 5.26 Å². The molecule has 0 N–H and O–H groups in total. The van der Waals surface area contributed by atoms with Crippen LogP contribution in [-0.4, -0.2) is 3.98 Å². The van der Waals surface area contributed by atoms with Crippen LogP contribution in [0.4, 0.5) is 4.79 Å². The first-order valence-corrected chi connectivity index (χ1v) is 2.71. The fourth-order valence-corrected chi connectivity index (χ4v) is 0.385. The van der Waals surface area contributed by atoms with E-state index in [-0.39, 0.29) is 5.76 Å². The van der Waals surface area contributed by atoms with E-state index in [0.717, 1.165) is 0 Å². The highest BCUT2D eigenvalue weighted by Gasteiger charge is 1.95. The molecule has 0 aromatic heterocycles. The first-order valence-electron chi connectivity index (χ1n) is 1.63. The third-order valence-electron chi connectivity index (χ3n) is 0.328. The first kappa shape index (κ1) is 7.43. The Labute approximate surface area is 60.1 Å². The topological polar surface area (TPSA) is 50.1 Å². The van der Waals surface area contributed by atoms with Crippen molar-refractivity contribution in [1.29, 1.82) is 5.26 Å². The van der Waals surface area contributed by atoms with E-state index < -0.39 is 3.98 Å². The summed E-state index contributed by atoms with van der Waals surface area (Å²) in [6.45, 7) is 3.10. The molecule has 0 saturated carbocycles. The number of nitriles is 1. The molecule has 0 aromatic carbocycles. The Morgan fingerprint density at radius 2 is 2.38 bits per heavy atom. The Morgan fingerprint density at radius 3 is 2.50 bits per heavy atom. The van der Waals surface area contributed by atoms with Crippen LogP contribution >= 0.6 is 22.6 Å². The quantitative estimate of drug-likeness (QED) is 0.293. The fraction of sp³-hybridized carbons (Fsp3) is 0. The number of ether oxygens (including phenoxy) is 1. The summed E-state index contributed by atoms with van der Waals surface area (Å²) in [5.41, 5.74) is 0. The van der Waals surface area contributed by atoms with Crippen molar-refractivity contribution in [3.8, 4) is 6.07 Å². The molecular formula is C4H2INO2. The maximum atomic E-state index is 9.97. The molecule has 0 spiro atoms. The second-order valence-corrected chi connectivity index (χ2v) is 1.76. The number of hydrogen-bond donors (Lipinski definition) is 0. The van der Waals surface area contributed by atoms with Crippen LogP contribution in [0.3, 0.4) is 0 Å². The van der Waals surface area contributed by atoms with E-state index >= 15 is 0 Å². The van der Waals surface area contributed by atoms with Crippen molar-refractivity contribution in [2.45, 2.75) is 0 Å². The van der Waals surface area contributed by atoms with Crippen LogP contribution in [0.15, 0.2) is 12.3 Å². The molecule has 0 aliphatic carbocycles. The normalized spacial score (nSPS) is 7.00. The lowest BCUT2D eigenvalue weighted by Gasteiger charge is -1.89. The van der Waals surface area contributed by atoms with Gasteiger partial charge in [0.05, 0.1) is 22.6 Å². The predicted octanol–water partition coefficient (Wildman–Crippen LogP) is 1.60. The molecule has 0 radical (unpaired) electrons. The summed E-state index contributed by atoms with van der Waals surface area (Å²) in [7, 11) is 0. The Bertz CT molecular complexity index is 158. The zero-order valence-corrected chi connectivity index (χ0v) is 6.01. The second-order valence-electron chi connectivity index (χ2n) is 0.875. The molecule has 3 nitrogen and oxygen atoms in total. The van der Waals surface area contributed by atoms with Crippen LogP contribution in [0.2, 0.25) is 0 Å². The maximum absolute atomic E-state index is 9.97. The van der Waals surface area contributed by atoms with E-state index in [1.807, 2.05) is 0 Å². The second kappa shape index (κ2) is 3.43. The van der Waals surface area contributed by atoms with Gasteiger partial charge in [-0.3, -0.25) is 0 Å². The minimum Gasteiger partial charge on any atom is -0.408 e. The molecule has 0 aliphatic rings. The highest BCUT2D eigenvalue weighted by Crippen LogP contribution is 1.97. The van der Waals surface area contributed by atoms with Gasteiger partial charge in [0, 0.05) is 0 Å². The summed E-state index contributed by atoms with van der Waals surface area (Å²) in [6.07, 6.45) is 0. The summed E-state index contributed by atoms with van der Waals surface area (Å²) in [5, 5.41) is 7.95. The van der Waals surface area contributed by atoms with Crippen LogP contribution in [0, 0.1) is 11.3 Å². The molecule has 0 aliphatic heterocycles. The molecule has 0 unspecified atom stereocenters. The van der Waals surface area contributed by atoms with Crippen molar-refractivity contribution in [2.75, 3.05) is 0 Å². The number of allylic oxidation sites excluding steroid dienone is 1. The van der Waals surface area contributed by atoms with Gasteiger partial charge in [-0.25, -0.2) is 4.79 Å². The Hall–Kier alpha value is -0.570. The van der Waals surface area contributed by atoms with Crippen molar-refractivity contribution >= 4 is 26.6 Å². The number of carbonyl (C=O) groups excluding carboxylic acids is 1. The number of carbonyl (C=O) groups is 1. The molecule has 42 valence electrons. The fourth-order valence-electron chi connectivity index (χ4n) is 0.120. The maximum Gasteiger partial charge on any atom is 0.373 e. The Balaban J connectivity index is 3.61. The first-order chi connectivity index (χ1) is 3.66. The van der Waals surface area contributed by atoms with E-state index in [0.29, 0.717) is 0 Å². The van der Waals surface area contributed by atoms with Crippen LogP contribution in [0.1, 0.15) is 0 Å². The summed E-state index contributed by atoms with van der Waals surface area (Å²) in [5.74, 6) is -0.176. The minimum absolute atomic E-state index is 0.176. The lowest BCUT2D eigenvalue weighted by Crippen LogP contribution is -1.88. The highest BCUT2D eigenvalue weighted by molar-refractivity contribution is 14.1. The number of nitrogens with zero attached hydrogens (tertiary/aromatic N) is 1. The van der Waals surface area contributed by atoms with Crippen LogP contribution in [-0.2, 0) is 4.74 Å². The smallest absolute Gasteiger partial charge is 0.373 e. The average Bonchev–Trinajstić information content (AvgIpc) is 1.65. The van der Waals surface area contributed by atoms with Gasteiger partial charge in [0.25, 0.3) is 0 Å². The molecule has 0 aromatic rings. The van der Waals surface area contributed by atoms with Gasteiger partial charge in [0.1, 0.15) is 6.07 Å². The van der Waals surface area contributed by atoms with Gasteiger partial charge < -0.3 is 4.74 Å². The molecule has 0 bridgehead atoms. The monoisotopic (exact) mass is 223 g/mol. The summed E-state index contributed by atoms with van der Waals surface area (Å²) >= 11 is 1.41. The Kier molecular flexibility index (Phi) is 3.19. The zero-order chi connectivity index (χ0) is 6.57. The largest absolute Gasteiger partial charge is 0.408 e. The van der Waals surface area contributed by atoms with Crippen molar-refractivity contribution in [2.24, 2.45) is 0 Å². The van der Waals surface area contributed by atoms with Gasteiger partial charge in [-0.1, -0.05) is 0 Å². The molecular weight excluding hydrogens is 221 g/mol. The van der Waals surface area contributed by atoms with Gasteiger partial charge in [-0.15, -0.1) is 0 Å². The van der Waals surface area contributed by atoms with Gasteiger partial charge in [-0.05, 0) is 6.58 Å². The molecule has 8 heavy (non-hydrogen) atoms. The molecule has 4 heteroatoms. The third kappa shape index (κ3) is 3.61. The van der Waals surface area contributed by atoms with Crippen molar-refractivity contribution < 1.29 is 9.53 Å². The highest BCUT2D eigenvalue weighted by atomic mass is 127. The summed E-state index contributed by atoms with van der Waals surface area (Å²) in [4.78, 5) is 9.97. The van der Waals surface area contributed by atoms with Gasteiger partial charge in [0.2, 0.25) is 5.76 Å². The van der Waals surface area contributed by atoms with Crippen LogP contribution in [0.5, 0.6) is 0 Å². The van der Waals surface area contributed by atoms with Crippen molar-refractivity contribution in [3.05, 3.63) is 12.3 Å². The predicted molar refractivity (Wildman–Crippen MR) is 35.3 cm³/mol. The van der Waals surface area contributed by atoms with E-state index in [1.54, 1.807) is 6.07 Å². The standard InChI is InChI=1S/C4H2INO2/c1-3(2-6)8-4(5)7/h1H2. The van der Waals surface area contributed by atoms with E-state index in [2.05, 4.69) is 11.3 Å². The molecule has 0 amide bonds. The number of rotatable bonds is 1. The molecule has 0 heterocycles. The molecule has 0 fully saturated rings. The minimum atomic E-state index is -0.547. The Morgan fingerprint density at radius 1 is 1.88 bits per heavy atom. The van der Waals surface area contributed by atoms with E-state index in [9.17, 15) is 4.79 Å². The van der Waals surface area contributed by atoms with Gasteiger partial charge in [0.15, 0.2) is 0 Å². The van der Waals surface area contributed by atoms with Crippen LogP contribution < -0.4 is 0 Å². The van der Waals surface area contributed by atoms with E-state index in [4.69, 9.17) is 5.26 Å². The molecule has 0 rings (SSSR count). The third-order valence-corrected chi connectivity index (χ3v) is 0.548. The molecule has 0 saturated heterocycles. The van der Waals surface area contributed by atoms with Crippen molar-refractivity contribution in [3.63, 3.8) is 0 Å². The zero-order valence-electron chi connectivity index (χ0n) is 3.85. The lowest BCUT2D eigenvalue weighted by atomic mass is 10.6. The average molecular weight is 223 g/mol. The van der Waals surface area contributed by atoms with Crippen LogP contribution in [0.25, 0.3) is 0 Å². The summed E-state index contributed by atoms with van der Waals surface area (Å²) in [6, 6.07) is 1.55. The number of halogens is 1. The van der Waals surface area contributed by atoms with Gasteiger partial charge >= 0.3 is 3.98 Å².